The molecule has 2 amide bonds. The number of likely N-dealkylation sites (N-methyl/N-ethyl adjacent to an activating group) is 1. The Morgan fingerprint density at radius 3 is 2.67 bits per heavy atom. The lowest BCUT2D eigenvalue weighted by Gasteiger charge is -2.41. The predicted molar refractivity (Wildman–Crippen MR) is 79.6 cm³/mol. The van der Waals surface area contributed by atoms with Gasteiger partial charge in [0.25, 0.3) is 5.91 Å². The fourth-order valence-corrected chi connectivity index (χ4v) is 3.24. The van der Waals surface area contributed by atoms with Crippen molar-refractivity contribution in [1.29, 1.82) is 0 Å². The third-order valence-corrected chi connectivity index (χ3v) is 4.32. The molecule has 5 heteroatoms. The number of likely N-dealkylation sites (tertiary alicyclic amines) is 1. The number of carbonyl (C=O) groups excluding carboxylic acids is 2. The number of nitrogens with zero attached hydrogens (tertiary/aromatic N) is 2. The summed E-state index contributed by atoms with van der Waals surface area (Å²) in [5.41, 5.74) is 0.852. The van der Waals surface area contributed by atoms with Gasteiger partial charge in [-0.2, -0.15) is 0 Å². The largest absolute Gasteiger partial charge is 0.339 e. The van der Waals surface area contributed by atoms with Gasteiger partial charge in [-0.1, -0.05) is 30.3 Å². The van der Waals surface area contributed by atoms with Crippen LogP contribution in [0.25, 0.3) is 0 Å². The summed E-state index contributed by atoms with van der Waals surface area (Å²) in [7, 11) is 2.06. The van der Waals surface area contributed by atoms with Crippen LogP contribution in [0.5, 0.6) is 0 Å². The zero-order valence-electron chi connectivity index (χ0n) is 12.3. The van der Waals surface area contributed by atoms with Gasteiger partial charge in [0.15, 0.2) is 0 Å². The van der Waals surface area contributed by atoms with Gasteiger partial charge < -0.3 is 15.1 Å². The molecule has 0 aliphatic carbocycles. The number of nitrogens with one attached hydrogen (secondary N) is 1. The molecule has 21 heavy (non-hydrogen) atoms. The molecule has 1 N–H and O–H groups in total. The molecule has 3 rings (SSSR count). The smallest absolute Gasteiger partial charge is 0.250 e. The molecule has 0 saturated carbocycles. The lowest BCUT2D eigenvalue weighted by molar-refractivity contribution is -0.147. The maximum atomic E-state index is 12.8. The van der Waals surface area contributed by atoms with Crippen molar-refractivity contribution in [3.8, 4) is 0 Å². The van der Waals surface area contributed by atoms with Crippen LogP contribution in [0.3, 0.4) is 0 Å². The molecule has 1 aromatic rings. The standard InChI is InChI=1S/C16H21N3O2/c1-18-9-5-8-13(10-18)19-11-14(20)17-15(16(19)21)12-6-3-2-4-7-12/h2-4,6-7,13,15H,5,8-11H2,1H3,(H,17,20). The molecule has 2 heterocycles. The monoisotopic (exact) mass is 287 g/mol. The molecule has 2 atom stereocenters. The van der Waals surface area contributed by atoms with Crippen molar-refractivity contribution in [2.75, 3.05) is 26.7 Å². The zero-order chi connectivity index (χ0) is 14.8. The quantitative estimate of drug-likeness (QED) is 0.874. The van der Waals surface area contributed by atoms with Gasteiger partial charge in [-0.25, -0.2) is 0 Å². The number of amides is 2. The highest BCUT2D eigenvalue weighted by Crippen LogP contribution is 2.23. The van der Waals surface area contributed by atoms with E-state index in [1.165, 1.54) is 0 Å². The topological polar surface area (TPSA) is 52.6 Å². The van der Waals surface area contributed by atoms with Crippen LogP contribution in [0.1, 0.15) is 24.4 Å². The van der Waals surface area contributed by atoms with Crippen LogP contribution in [0.15, 0.2) is 30.3 Å². The third-order valence-electron chi connectivity index (χ3n) is 4.32. The average Bonchev–Trinajstić information content (AvgIpc) is 2.50. The van der Waals surface area contributed by atoms with Crippen LogP contribution in [0.4, 0.5) is 0 Å². The molecule has 0 spiro atoms. The summed E-state index contributed by atoms with van der Waals surface area (Å²) in [5, 5.41) is 2.82. The van der Waals surface area contributed by atoms with Crippen molar-refractivity contribution >= 4 is 11.8 Å². The fourth-order valence-electron chi connectivity index (χ4n) is 3.24. The molecular weight excluding hydrogens is 266 g/mol. The highest BCUT2D eigenvalue weighted by Gasteiger charge is 2.38. The van der Waals surface area contributed by atoms with Gasteiger partial charge in [0.1, 0.15) is 6.04 Å². The SMILES string of the molecule is CN1CCCC(N2CC(=O)NC(c3ccccc3)C2=O)C1. The number of piperidine rings is 1. The number of hydrogen-bond donors (Lipinski definition) is 1. The molecule has 0 aromatic heterocycles. The first-order valence-corrected chi connectivity index (χ1v) is 7.48. The maximum absolute atomic E-state index is 12.8. The number of benzene rings is 1. The van der Waals surface area contributed by atoms with Crippen LogP contribution < -0.4 is 5.32 Å². The second kappa shape index (κ2) is 5.85. The van der Waals surface area contributed by atoms with Crippen molar-refractivity contribution in [2.45, 2.75) is 24.9 Å². The second-order valence-corrected chi connectivity index (χ2v) is 5.94. The predicted octanol–water partition coefficient (Wildman–Crippen LogP) is 0.780. The first kappa shape index (κ1) is 14.1. The Bertz CT molecular complexity index is 532. The minimum atomic E-state index is -0.542. The van der Waals surface area contributed by atoms with E-state index < -0.39 is 6.04 Å². The molecule has 5 nitrogen and oxygen atoms in total. The molecule has 112 valence electrons. The van der Waals surface area contributed by atoms with Crippen LogP contribution in [0, 0.1) is 0 Å². The maximum Gasteiger partial charge on any atom is 0.250 e. The van der Waals surface area contributed by atoms with Crippen molar-refractivity contribution in [2.24, 2.45) is 0 Å². The van der Waals surface area contributed by atoms with Crippen molar-refractivity contribution in [3.63, 3.8) is 0 Å². The minimum Gasteiger partial charge on any atom is -0.339 e. The van der Waals surface area contributed by atoms with E-state index in [1.807, 2.05) is 30.3 Å². The second-order valence-electron chi connectivity index (χ2n) is 5.94. The average molecular weight is 287 g/mol. The normalized spacial score (nSPS) is 27.6. The molecule has 2 saturated heterocycles. The van der Waals surface area contributed by atoms with Gasteiger partial charge >= 0.3 is 0 Å². The lowest BCUT2D eigenvalue weighted by Crippen LogP contribution is -2.59. The van der Waals surface area contributed by atoms with Crippen molar-refractivity contribution in [1.82, 2.24) is 15.1 Å². The van der Waals surface area contributed by atoms with E-state index in [1.54, 1.807) is 4.90 Å². The first-order chi connectivity index (χ1) is 10.1. The van der Waals surface area contributed by atoms with E-state index in [2.05, 4.69) is 17.3 Å². The van der Waals surface area contributed by atoms with Gasteiger partial charge in [-0.15, -0.1) is 0 Å². The van der Waals surface area contributed by atoms with E-state index in [4.69, 9.17) is 0 Å². The molecule has 2 aliphatic rings. The van der Waals surface area contributed by atoms with Gasteiger partial charge in [0.2, 0.25) is 5.91 Å². The summed E-state index contributed by atoms with van der Waals surface area (Å²) >= 11 is 0. The van der Waals surface area contributed by atoms with Gasteiger partial charge in [0, 0.05) is 12.6 Å². The van der Waals surface area contributed by atoms with E-state index in [0.29, 0.717) is 0 Å². The zero-order valence-corrected chi connectivity index (χ0v) is 12.3. The molecule has 0 radical (unpaired) electrons. The Labute approximate surface area is 124 Å². The lowest BCUT2D eigenvalue weighted by atomic mass is 9.99. The molecule has 1 aromatic carbocycles. The Hall–Kier alpha value is -1.88. The van der Waals surface area contributed by atoms with Crippen LogP contribution in [-0.2, 0) is 9.59 Å². The molecule has 2 fully saturated rings. The van der Waals surface area contributed by atoms with Crippen LogP contribution in [0.2, 0.25) is 0 Å². The summed E-state index contributed by atoms with van der Waals surface area (Å²) in [6, 6.07) is 9.07. The Balaban J connectivity index is 1.81. The van der Waals surface area contributed by atoms with E-state index in [-0.39, 0.29) is 24.4 Å². The third kappa shape index (κ3) is 2.93. The van der Waals surface area contributed by atoms with E-state index in [0.717, 1.165) is 31.5 Å². The number of rotatable bonds is 2. The Morgan fingerprint density at radius 2 is 1.95 bits per heavy atom. The van der Waals surface area contributed by atoms with Gasteiger partial charge in [-0.3, -0.25) is 9.59 Å². The van der Waals surface area contributed by atoms with Crippen LogP contribution in [-0.4, -0.2) is 54.3 Å². The highest BCUT2D eigenvalue weighted by atomic mass is 16.2. The fraction of sp³-hybridized carbons (Fsp3) is 0.500. The summed E-state index contributed by atoms with van der Waals surface area (Å²) in [6.45, 7) is 2.09. The Morgan fingerprint density at radius 1 is 1.19 bits per heavy atom. The Kier molecular flexibility index (Phi) is 3.92. The summed E-state index contributed by atoms with van der Waals surface area (Å²) < 4.78 is 0. The van der Waals surface area contributed by atoms with E-state index >= 15 is 0 Å². The van der Waals surface area contributed by atoms with Gasteiger partial charge in [0.05, 0.1) is 6.54 Å². The summed E-state index contributed by atoms with van der Waals surface area (Å²) in [5.74, 6) is -0.0576. The summed E-state index contributed by atoms with van der Waals surface area (Å²) in [4.78, 5) is 28.8. The minimum absolute atomic E-state index is 0.0149. The molecule has 0 bridgehead atoms. The van der Waals surface area contributed by atoms with Gasteiger partial charge in [-0.05, 0) is 32.0 Å². The molecule has 2 aliphatic heterocycles. The highest BCUT2D eigenvalue weighted by molar-refractivity contribution is 5.95. The van der Waals surface area contributed by atoms with Crippen LogP contribution >= 0.6 is 0 Å². The number of hydrogen-bond acceptors (Lipinski definition) is 3. The summed E-state index contributed by atoms with van der Waals surface area (Å²) in [6.07, 6.45) is 2.05. The van der Waals surface area contributed by atoms with Crippen molar-refractivity contribution in [3.05, 3.63) is 35.9 Å². The first-order valence-electron chi connectivity index (χ1n) is 7.48. The molecular formula is C16H21N3O2. The van der Waals surface area contributed by atoms with Crippen molar-refractivity contribution < 1.29 is 9.59 Å². The number of carbonyl (C=O) groups is 2. The molecule has 2 unspecified atom stereocenters. The number of piperazine rings is 1. The van der Waals surface area contributed by atoms with E-state index in [9.17, 15) is 9.59 Å².